The number of rotatable bonds is 7. The summed E-state index contributed by atoms with van der Waals surface area (Å²) in [5.74, 6) is -1.78. The van der Waals surface area contributed by atoms with Gasteiger partial charge in [0.1, 0.15) is 10.7 Å². The molecule has 0 saturated carbocycles. The number of hydrogen-bond acceptors (Lipinski definition) is 7. The lowest BCUT2D eigenvalue weighted by Gasteiger charge is -2.15. The van der Waals surface area contributed by atoms with Gasteiger partial charge in [-0.05, 0) is 36.6 Å². The zero-order chi connectivity index (χ0) is 26.1. The zero-order valence-electron chi connectivity index (χ0n) is 20.0. The maximum absolute atomic E-state index is 13.1. The molecule has 8 nitrogen and oxygen atoms in total. The van der Waals surface area contributed by atoms with E-state index in [0.717, 1.165) is 48.5 Å². The molecule has 3 N–H and O–H groups in total. The summed E-state index contributed by atoms with van der Waals surface area (Å²) in [5.41, 5.74) is 7.26. The van der Waals surface area contributed by atoms with Gasteiger partial charge in [0.05, 0.1) is 13.7 Å². The molecule has 11 heteroatoms. The summed E-state index contributed by atoms with van der Waals surface area (Å²) < 4.78 is 35.6. The first-order valence-corrected chi connectivity index (χ1v) is 12.0. The van der Waals surface area contributed by atoms with Crippen LogP contribution in [-0.2, 0) is 9.47 Å². The van der Waals surface area contributed by atoms with Crippen molar-refractivity contribution in [2.45, 2.75) is 12.3 Å². The molecule has 0 aliphatic carbocycles. The molecule has 0 radical (unpaired) electrons. The Hall–Kier alpha value is -3.41. The predicted molar refractivity (Wildman–Crippen MR) is 134 cm³/mol. The first kappa shape index (κ1) is 27.2. The highest BCUT2D eigenvalue weighted by Gasteiger charge is 2.24. The van der Waals surface area contributed by atoms with Crippen molar-refractivity contribution in [3.8, 4) is 11.3 Å². The quantitative estimate of drug-likeness (QED) is 0.447. The number of carbonyl (C=O) groups excluding carboxylic acids is 2. The highest BCUT2D eigenvalue weighted by atomic mass is 32.1. The minimum atomic E-state index is -0.775. The Balaban J connectivity index is 0.000000202. The predicted octanol–water partition coefficient (Wildman–Crippen LogP) is 4.49. The van der Waals surface area contributed by atoms with E-state index < -0.39 is 23.6 Å². The van der Waals surface area contributed by atoms with Crippen molar-refractivity contribution in [3.63, 3.8) is 0 Å². The highest BCUT2D eigenvalue weighted by Crippen LogP contribution is 2.33. The van der Waals surface area contributed by atoms with Crippen LogP contribution in [0.4, 0.5) is 18.6 Å². The van der Waals surface area contributed by atoms with Gasteiger partial charge in [0.15, 0.2) is 11.6 Å². The molecule has 1 unspecified atom stereocenters. The molecular weight excluding hydrogens is 490 g/mol. The fraction of sp³-hybridized carbons (Fsp3) is 0.320. The number of nitrogens with two attached hydrogens (primary N) is 1. The molecule has 2 amide bonds. The second-order valence-electron chi connectivity index (χ2n) is 8.00. The van der Waals surface area contributed by atoms with Crippen LogP contribution >= 0.6 is 11.3 Å². The number of aromatic nitrogens is 1. The fourth-order valence-electron chi connectivity index (χ4n) is 3.78. The van der Waals surface area contributed by atoms with Gasteiger partial charge in [-0.15, -0.1) is 0 Å². The molecular formula is C25H28F2N4O4S. The van der Waals surface area contributed by atoms with Crippen molar-refractivity contribution in [1.82, 2.24) is 9.88 Å². The summed E-state index contributed by atoms with van der Waals surface area (Å²) in [6.45, 7) is 3.50. The normalized spacial score (nSPS) is 15.2. The molecule has 0 spiro atoms. The van der Waals surface area contributed by atoms with E-state index in [9.17, 15) is 18.4 Å². The number of amides is 2. The second kappa shape index (κ2) is 13.1. The van der Waals surface area contributed by atoms with Crippen LogP contribution in [0.5, 0.6) is 0 Å². The number of anilines is 1. The maximum atomic E-state index is 13.1. The molecule has 4 rings (SSSR count). The van der Waals surface area contributed by atoms with Crippen LogP contribution in [0.2, 0.25) is 0 Å². The molecule has 36 heavy (non-hydrogen) atoms. The Bertz CT molecular complexity index is 1180. The summed E-state index contributed by atoms with van der Waals surface area (Å²) in [4.78, 5) is 28.9. The summed E-state index contributed by atoms with van der Waals surface area (Å²) in [6.07, 6.45) is 0.995. The number of hydrogen-bond donors (Lipinski definition) is 2. The third kappa shape index (κ3) is 7.30. The average molecular weight is 519 g/mol. The zero-order valence-corrected chi connectivity index (χ0v) is 20.8. The van der Waals surface area contributed by atoms with Crippen LogP contribution < -0.4 is 11.1 Å². The van der Waals surface area contributed by atoms with Gasteiger partial charge >= 0.3 is 12.0 Å². The summed E-state index contributed by atoms with van der Waals surface area (Å²) >= 11 is 1.02. The molecule has 1 aliphatic rings. The molecule has 1 fully saturated rings. The monoisotopic (exact) mass is 518 g/mol. The Morgan fingerprint density at radius 1 is 1.17 bits per heavy atom. The number of primary amides is 1. The van der Waals surface area contributed by atoms with Crippen molar-refractivity contribution >= 4 is 28.3 Å². The number of urea groups is 1. The number of nitrogens with one attached hydrogen (secondary N) is 1. The minimum Gasteiger partial charge on any atom is -0.464 e. The van der Waals surface area contributed by atoms with Crippen LogP contribution in [0.15, 0.2) is 48.5 Å². The fourth-order valence-corrected chi connectivity index (χ4v) is 4.69. The average Bonchev–Trinajstić information content (AvgIpc) is 3.52. The van der Waals surface area contributed by atoms with Gasteiger partial charge in [-0.2, -0.15) is 0 Å². The molecule has 1 atom stereocenters. The maximum Gasteiger partial charge on any atom is 0.367 e. The number of benzene rings is 2. The molecule has 3 aromatic rings. The second-order valence-corrected chi connectivity index (χ2v) is 9.00. The first-order chi connectivity index (χ1) is 17.3. The van der Waals surface area contributed by atoms with E-state index in [4.69, 9.17) is 10.5 Å². The molecule has 2 heterocycles. The highest BCUT2D eigenvalue weighted by molar-refractivity contribution is 7.18. The Morgan fingerprint density at radius 3 is 2.56 bits per heavy atom. The van der Waals surface area contributed by atoms with Crippen molar-refractivity contribution in [1.29, 1.82) is 0 Å². The summed E-state index contributed by atoms with van der Waals surface area (Å²) in [7, 11) is 2.95. The van der Waals surface area contributed by atoms with Gasteiger partial charge < -0.3 is 20.1 Å². The third-order valence-electron chi connectivity index (χ3n) is 5.57. The Kier molecular flexibility index (Phi) is 9.86. The lowest BCUT2D eigenvalue weighted by atomic mass is 9.98. The van der Waals surface area contributed by atoms with E-state index in [-0.39, 0.29) is 5.01 Å². The molecule has 2 aromatic carbocycles. The smallest absolute Gasteiger partial charge is 0.367 e. The van der Waals surface area contributed by atoms with Crippen molar-refractivity contribution < 1.29 is 27.8 Å². The molecule has 0 bridgehead atoms. The van der Waals surface area contributed by atoms with E-state index in [1.807, 2.05) is 30.3 Å². The van der Waals surface area contributed by atoms with E-state index >= 15 is 0 Å². The molecule has 192 valence electrons. The number of esters is 1. The number of nitrogens with zero attached hydrogens (tertiary/aromatic N) is 2. The number of halogens is 2. The van der Waals surface area contributed by atoms with Crippen LogP contribution in [0, 0.1) is 11.6 Å². The van der Waals surface area contributed by atoms with Gasteiger partial charge in [0.25, 0.3) is 0 Å². The Labute approximate surface area is 212 Å². The summed E-state index contributed by atoms with van der Waals surface area (Å²) in [6, 6.07) is 12.7. The van der Waals surface area contributed by atoms with Crippen LogP contribution in [0.1, 0.15) is 27.7 Å². The molecule has 1 aromatic heterocycles. The van der Waals surface area contributed by atoms with Crippen LogP contribution in [-0.4, -0.2) is 62.3 Å². The number of likely N-dealkylation sites (tertiary alicyclic amines) is 1. The molecule has 1 aliphatic heterocycles. The minimum absolute atomic E-state index is 0.158. The molecule has 1 saturated heterocycles. The Morgan fingerprint density at radius 2 is 1.92 bits per heavy atom. The lowest BCUT2D eigenvalue weighted by molar-refractivity contribution is 0.0600. The van der Waals surface area contributed by atoms with Crippen molar-refractivity contribution in [2.24, 2.45) is 5.73 Å². The van der Waals surface area contributed by atoms with Crippen LogP contribution in [0.3, 0.4) is 0 Å². The lowest BCUT2D eigenvalue weighted by Crippen LogP contribution is -2.24. The number of methoxy groups -OCH3 is 2. The van der Waals surface area contributed by atoms with E-state index in [1.165, 1.54) is 19.2 Å². The van der Waals surface area contributed by atoms with Gasteiger partial charge in [-0.1, -0.05) is 47.7 Å². The van der Waals surface area contributed by atoms with Gasteiger partial charge in [-0.3, -0.25) is 5.32 Å². The number of ether oxygens (including phenoxy) is 2. The standard InChI is InChI=1S/C13H17F2NO.C12H11N3O3S/c1-17-7-6-16-5-4-11(9-16)10-2-3-12(14)13(15)8-10;1-18-11(16)10-14-8(7-5-3-2-4-6-7)9(19-10)15-12(13)17/h2-3,8,11H,4-7,9H2,1H3;2-6H,1H3,(H3,13,15,17). The topological polar surface area (TPSA) is 107 Å². The van der Waals surface area contributed by atoms with Gasteiger partial charge in [0.2, 0.25) is 5.01 Å². The van der Waals surface area contributed by atoms with E-state index in [2.05, 4.69) is 19.9 Å². The van der Waals surface area contributed by atoms with Gasteiger partial charge in [-0.25, -0.2) is 23.4 Å². The van der Waals surface area contributed by atoms with Crippen molar-refractivity contribution in [3.05, 3.63) is 70.7 Å². The number of thiazole rings is 1. The SMILES string of the molecule is COC(=O)c1nc(-c2ccccc2)c(NC(N)=O)s1.COCCN1CCC(c2ccc(F)c(F)c2)C1. The first-order valence-electron chi connectivity index (χ1n) is 11.2. The third-order valence-corrected chi connectivity index (χ3v) is 6.52. The summed E-state index contributed by atoms with van der Waals surface area (Å²) in [5, 5.41) is 3.03. The largest absolute Gasteiger partial charge is 0.464 e. The van der Waals surface area contributed by atoms with Crippen molar-refractivity contribution in [2.75, 3.05) is 45.8 Å². The van der Waals surface area contributed by atoms with E-state index in [1.54, 1.807) is 13.2 Å². The van der Waals surface area contributed by atoms with Gasteiger partial charge in [0, 0.05) is 25.8 Å². The van der Waals surface area contributed by atoms with Crippen LogP contribution in [0.25, 0.3) is 11.3 Å². The number of carbonyl (C=O) groups is 2. The van der Waals surface area contributed by atoms with E-state index in [0.29, 0.717) is 23.2 Å².